The van der Waals surface area contributed by atoms with E-state index in [-0.39, 0.29) is 5.50 Å². The number of nitrogens with zero attached hydrogens (tertiary/aromatic N) is 1. The van der Waals surface area contributed by atoms with Crippen LogP contribution in [0.5, 0.6) is 0 Å². The van der Waals surface area contributed by atoms with Crippen LogP contribution >= 0.6 is 11.8 Å². The summed E-state index contributed by atoms with van der Waals surface area (Å²) in [6.07, 6.45) is 2.11. The number of ether oxygens (including phenoxy) is 1. The van der Waals surface area contributed by atoms with Crippen LogP contribution in [0.25, 0.3) is 0 Å². The van der Waals surface area contributed by atoms with Gasteiger partial charge in [-0.05, 0) is 31.0 Å². The van der Waals surface area contributed by atoms with Gasteiger partial charge in [0.05, 0.1) is 5.69 Å². The molecule has 0 aromatic heterocycles. The van der Waals surface area contributed by atoms with Crippen LogP contribution in [0.4, 0.5) is 11.4 Å². The molecule has 2 aliphatic rings. The van der Waals surface area contributed by atoms with Crippen LogP contribution in [0.1, 0.15) is 12.8 Å². The molecule has 1 fully saturated rings. The van der Waals surface area contributed by atoms with Crippen molar-refractivity contribution in [1.82, 2.24) is 0 Å². The van der Waals surface area contributed by atoms with Gasteiger partial charge in [0.25, 0.3) is 0 Å². The standard InChI is InChI=1S/C12H17N3OS/c13-8-1-2-10-11(7-8)17-12(14)15(10)9-3-5-16-6-4-9/h1-2,7,9,12H,3-6,13-14H2. The highest BCUT2D eigenvalue weighted by Crippen LogP contribution is 2.44. The molecular formula is C12H17N3OS. The maximum Gasteiger partial charge on any atom is 0.130 e. The van der Waals surface area contributed by atoms with Gasteiger partial charge in [-0.1, -0.05) is 11.8 Å². The van der Waals surface area contributed by atoms with Crippen molar-refractivity contribution in [3.63, 3.8) is 0 Å². The summed E-state index contributed by atoms with van der Waals surface area (Å²) < 4.78 is 5.41. The number of nitrogens with two attached hydrogens (primary N) is 2. The lowest BCUT2D eigenvalue weighted by molar-refractivity contribution is 0.0841. The Balaban J connectivity index is 1.90. The van der Waals surface area contributed by atoms with Gasteiger partial charge in [-0.25, -0.2) is 0 Å². The third-order valence-corrected chi connectivity index (χ3v) is 4.42. The number of benzene rings is 1. The largest absolute Gasteiger partial charge is 0.399 e. The van der Waals surface area contributed by atoms with Gasteiger partial charge >= 0.3 is 0 Å². The lowest BCUT2D eigenvalue weighted by atomic mass is 10.1. The Morgan fingerprint density at radius 2 is 2.06 bits per heavy atom. The van der Waals surface area contributed by atoms with Crippen molar-refractivity contribution < 1.29 is 4.74 Å². The molecule has 1 atom stereocenters. The predicted molar refractivity (Wildman–Crippen MR) is 71.0 cm³/mol. The maximum atomic E-state index is 6.22. The van der Waals surface area contributed by atoms with E-state index in [0.29, 0.717) is 6.04 Å². The van der Waals surface area contributed by atoms with E-state index in [1.165, 1.54) is 10.6 Å². The van der Waals surface area contributed by atoms with Gasteiger partial charge in [0.15, 0.2) is 0 Å². The third kappa shape index (κ3) is 1.99. The van der Waals surface area contributed by atoms with Crippen LogP contribution < -0.4 is 16.4 Å². The summed E-state index contributed by atoms with van der Waals surface area (Å²) in [5, 5.41) is 0. The summed E-state index contributed by atoms with van der Waals surface area (Å²) in [6.45, 7) is 1.67. The third-order valence-electron chi connectivity index (χ3n) is 3.37. The van der Waals surface area contributed by atoms with E-state index < -0.39 is 0 Å². The van der Waals surface area contributed by atoms with Crippen molar-refractivity contribution in [3.8, 4) is 0 Å². The van der Waals surface area contributed by atoms with Crippen LogP contribution in [0.15, 0.2) is 23.1 Å². The average Bonchev–Trinajstić information content (AvgIpc) is 2.65. The first-order valence-corrected chi connectivity index (χ1v) is 6.81. The molecule has 1 aromatic carbocycles. The van der Waals surface area contributed by atoms with Gasteiger partial charge in [-0.2, -0.15) is 0 Å². The summed E-state index contributed by atoms with van der Waals surface area (Å²) in [4.78, 5) is 3.52. The minimum absolute atomic E-state index is 0.00917. The van der Waals surface area contributed by atoms with E-state index in [0.717, 1.165) is 31.7 Å². The van der Waals surface area contributed by atoms with Gasteiger partial charge < -0.3 is 21.1 Å². The van der Waals surface area contributed by atoms with E-state index in [2.05, 4.69) is 11.0 Å². The fourth-order valence-corrected chi connectivity index (χ4v) is 3.69. The molecule has 0 aliphatic carbocycles. The van der Waals surface area contributed by atoms with Gasteiger partial charge in [0.2, 0.25) is 0 Å². The number of fused-ring (bicyclic) bond motifs is 1. The van der Waals surface area contributed by atoms with Gasteiger partial charge in [-0.3, -0.25) is 0 Å². The van der Waals surface area contributed by atoms with Crippen molar-refractivity contribution in [2.45, 2.75) is 29.3 Å². The molecule has 17 heavy (non-hydrogen) atoms. The Morgan fingerprint density at radius 1 is 1.29 bits per heavy atom. The molecule has 2 heterocycles. The Morgan fingerprint density at radius 3 is 2.82 bits per heavy atom. The fraction of sp³-hybridized carbons (Fsp3) is 0.500. The Labute approximate surface area is 105 Å². The zero-order valence-electron chi connectivity index (χ0n) is 9.63. The highest BCUT2D eigenvalue weighted by Gasteiger charge is 2.33. The zero-order chi connectivity index (χ0) is 11.8. The van der Waals surface area contributed by atoms with E-state index in [9.17, 15) is 0 Å². The molecule has 5 heteroatoms. The molecule has 2 aliphatic heterocycles. The Hall–Kier alpha value is -0.910. The molecule has 4 nitrogen and oxygen atoms in total. The van der Waals surface area contributed by atoms with E-state index >= 15 is 0 Å². The summed E-state index contributed by atoms with van der Waals surface area (Å²) in [5.41, 5.74) is 14.1. The SMILES string of the molecule is Nc1ccc2c(c1)SC(N)N2C1CCOCC1. The van der Waals surface area contributed by atoms with Crippen LogP contribution in [-0.4, -0.2) is 24.8 Å². The average molecular weight is 251 g/mol. The van der Waals surface area contributed by atoms with Crippen molar-refractivity contribution in [1.29, 1.82) is 0 Å². The molecule has 92 valence electrons. The van der Waals surface area contributed by atoms with Crippen LogP contribution in [-0.2, 0) is 4.74 Å². The lowest BCUT2D eigenvalue weighted by Crippen LogP contribution is -2.46. The van der Waals surface area contributed by atoms with Gasteiger partial charge in [-0.15, -0.1) is 0 Å². The summed E-state index contributed by atoms with van der Waals surface area (Å²) >= 11 is 1.69. The number of thioether (sulfide) groups is 1. The molecule has 3 rings (SSSR count). The zero-order valence-corrected chi connectivity index (χ0v) is 10.5. The predicted octanol–water partition coefficient (Wildman–Crippen LogP) is 1.60. The van der Waals surface area contributed by atoms with Crippen LogP contribution in [0.3, 0.4) is 0 Å². The summed E-state index contributed by atoms with van der Waals surface area (Å²) in [7, 11) is 0. The highest BCUT2D eigenvalue weighted by atomic mass is 32.2. The quantitative estimate of drug-likeness (QED) is 0.742. The highest BCUT2D eigenvalue weighted by molar-refractivity contribution is 8.00. The summed E-state index contributed by atoms with van der Waals surface area (Å²) in [6, 6.07) is 6.54. The topological polar surface area (TPSA) is 64.5 Å². The molecule has 1 aromatic rings. The molecule has 4 N–H and O–H groups in total. The number of hydrogen-bond acceptors (Lipinski definition) is 5. The van der Waals surface area contributed by atoms with E-state index in [1.54, 1.807) is 11.8 Å². The van der Waals surface area contributed by atoms with Crippen molar-refractivity contribution in [3.05, 3.63) is 18.2 Å². The van der Waals surface area contributed by atoms with Crippen molar-refractivity contribution in [2.24, 2.45) is 5.73 Å². The summed E-state index contributed by atoms with van der Waals surface area (Å²) in [5.74, 6) is 0. The Kier molecular flexibility index (Phi) is 2.90. The molecule has 1 saturated heterocycles. The second-order valence-corrected chi connectivity index (χ2v) is 5.64. The van der Waals surface area contributed by atoms with E-state index in [1.807, 2.05) is 12.1 Å². The monoisotopic (exact) mass is 251 g/mol. The molecule has 0 amide bonds. The van der Waals surface area contributed by atoms with Gasteiger partial charge in [0.1, 0.15) is 5.50 Å². The van der Waals surface area contributed by atoms with Crippen molar-refractivity contribution >= 4 is 23.1 Å². The number of hydrogen-bond donors (Lipinski definition) is 2. The van der Waals surface area contributed by atoms with Crippen LogP contribution in [0.2, 0.25) is 0 Å². The molecule has 0 radical (unpaired) electrons. The first-order chi connectivity index (χ1) is 8.25. The number of anilines is 2. The minimum atomic E-state index is 0.00917. The van der Waals surface area contributed by atoms with Gasteiger partial charge in [0, 0.05) is 29.8 Å². The molecule has 0 spiro atoms. The second kappa shape index (κ2) is 4.40. The molecular weight excluding hydrogens is 234 g/mol. The van der Waals surface area contributed by atoms with E-state index in [4.69, 9.17) is 16.2 Å². The number of nitrogen functional groups attached to an aromatic ring is 1. The number of rotatable bonds is 1. The minimum Gasteiger partial charge on any atom is -0.399 e. The lowest BCUT2D eigenvalue weighted by Gasteiger charge is -2.35. The Bertz CT molecular complexity index is 420. The fourth-order valence-electron chi connectivity index (χ4n) is 2.53. The molecule has 0 bridgehead atoms. The smallest absolute Gasteiger partial charge is 0.130 e. The maximum absolute atomic E-state index is 6.22. The molecule has 0 saturated carbocycles. The first kappa shape index (κ1) is 11.2. The van der Waals surface area contributed by atoms with Crippen LogP contribution in [0, 0.1) is 0 Å². The second-order valence-electron chi connectivity index (χ2n) is 4.49. The molecule has 1 unspecified atom stereocenters. The normalized spacial score (nSPS) is 25.0. The first-order valence-electron chi connectivity index (χ1n) is 5.93. The van der Waals surface area contributed by atoms with Crippen molar-refractivity contribution in [2.75, 3.05) is 23.8 Å².